The van der Waals surface area contributed by atoms with Crippen LogP contribution < -0.4 is 5.32 Å². The van der Waals surface area contributed by atoms with E-state index in [1.165, 1.54) is 0 Å². The molecule has 1 fully saturated rings. The lowest BCUT2D eigenvalue weighted by molar-refractivity contribution is 0.0483. The fourth-order valence-electron chi connectivity index (χ4n) is 1.78. The lowest BCUT2D eigenvalue weighted by atomic mass is 9.99. The van der Waals surface area contributed by atoms with Crippen LogP contribution >= 0.6 is 0 Å². The van der Waals surface area contributed by atoms with Crippen LogP contribution in [0.3, 0.4) is 0 Å². The van der Waals surface area contributed by atoms with Gasteiger partial charge in [0, 0.05) is 0 Å². The summed E-state index contributed by atoms with van der Waals surface area (Å²) in [6.07, 6.45) is 8.88. The number of carbonyl (C=O) groups excluding carboxylic acids is 1. The van der Waals surface area contributed by atoms with Gasteiger partial charge in [-0.05, 0) is 46.5 Å². The zero-order valence-corrected chi connectivity index (χ0v) is 9.72. The highest BCUT2D eigenvalue weighted by atomic mass is 16.6. The van der Waals surface area contributed by atoms with Crippen molar-refractivity contribution >= 4 is 6.09 Å². The molecular formula is C12H19NO2. The molecular weight excluding hydrogens is 190 g/mol. The molecule has 1 saturated carbocycles. The first-order valence-electron chi connectivity index (χ1n) is 5.36. The molecule has 15 heavy (non-hydrogen) atoms. The highest BCUT2D eigenvalue weighted by Crippen LogP contribution is 2.29. The fourth-order valence-corrected chi connectivity index (χ4v) is 1.78. The molecule has 0 atom stereocenters. The number of amides is 1. The maximum Gasteiger partial charge on any atom is 0.408 e. The van der Waals surface area contributed by atoms with Crippen LogP contribution in [0.15, 0.2) is 0 Å². The van der Waals surface area contributed by atoms with Crippen LogP contribution in [0.4, 0.5) is 4.79 Å². The van der Waals surface area contributed by atoms with E-state index in [0.717, 1.165) is 25.7 Å². The van der Waals surface area contributed by atoms with Crippen molar-refractivity contribution in [2.45, 2.75) is 57.6 Å². The number of nitrogens with one attached hydrogen (secondary N) is 1. The maximum absolute atomic E-state index is 11.5. The van der Waals surface area contributed by atoms with E-state index in [9.17, 15) is 4.79 Å². The van der Waals surface area contributed by atoms with E-state index in [0.29, 0.717) is 0 Å². The zero-order valence-electron chi connectivity index (χ0n) is 9.72. The van der Waals surface area contributed by atoms with Crippen LogP contribution in [-0.2, 0) is 4.74 Å². The summed E-state index contributed by atoms with van der Waals surface area (Å²) in [4.78, 5) is 11.5. The first-order valence-corrected chi connectivity index (χ1v) is 5.36. The van der Waals surface area contributed by atoms with Crippen molar-refractivity contribution in [3.63, 3.8) is 0 Å². The molecule has 0 spiro atoms. The number of alkyl carbamates (subject to hydrolysis) is 1. The van der Waals surface area contributed by atoms with Gasteiger partial charge in [-0.2, -0.15) is 0 Å². The predicted octanol–water partition coefficient (Wildman–Crippen LogP) is 2.46. The van der Waals surface area contributed by atoms with Crippen molar-refractivity contribution in [3.8, 4) is 12.3 Å². The van der Waals surface area contributed by atoms with Crippen LogP contribution in [0, 0.1) is 12.3 Å². The highest BCUT2D eigenvalue weighted by molar-refractivity contribution is 5.69. The van der Waals surface area contributed by atoms with E-state index in [1.807, 2.05) is 20.8 Å². The minimum absolute atomic E-state index is 0.414. The van der Waals surface area contributed by atoms with Crippen LogP contribution in [0.5, 0.6) is 0 Å². The quantitative estimate of drug-likeness (QED) is 0.674. The first kappa shape index (κ1) is 11.9. The smallest absolute Gasteiger partial charge is 0.408 e. The summed E-state index contributed by atoms with van der Waals surface area (Å²) in [7, 11) is 0. The average Bonchev–Trinajstić information content (AvgIpc) is 2.50. The van der Waals surface area contributed by atoms with E-state index < -0.39 is 17.2 Å². The van der Waals surface area contributed by atoms with Crippen molar-refractivity contribution in [3.05, 3.63) is 0 Å². The van der Waals surface area contributed by atoms with E-state index in [-0.39, 0.29) is 0 Å². The summed E-state index contributed by atoms with van der Waals surface area (Å²) in [5.41, 5.74) is -0.944. The molecule has 3 nitrogen and oxygen atoms in total. The van der Waals surface area contributed by atoms with Gasteiger partial charge in [0.25, 0.3) is 0 Å². The summed E-state index contributed by atoms with van der Waals surface area (Å²) in [6, 6.07) is 0. The monoisotopic (exact) mass is 209 g/mol. The molecule has 0 radical (unpaired) electrons. The molecule has 0 aromatic carbocycles. The lowest BCUT2D eigenvalue weighted by Crippen LogP contribution is -2.47. The second-order valence-electron chi connectivity index (χ2n) is 5.06. The standard InChI is InChI=1S/C12H19NO2/c1-5-12(8-6-7-9-12)13-10(14)15-11(2,3)4/h1H,6-9H2,2-4H3,(H,13,14). The van der Waals surface area contributed by atoms with Gasteiger partial charge in [-0.25, -0.2) is 4.79 Å². The Kier molecular flexibility index (Phi) is 3.28. The molecule has 0 unspecified atom stereocenters. The Morgan fingerprint density at radius 3 is 2.33 bits per heavy atom. The fraction of sp³-hybridized carbons (Fsp3) is 0.750. The van der Waals surface area contributed by atoms with Crippen molar-refractivity contribution in [1.29, 1.82) is 0 Å². The highest BCUT2D eigenvalue weighted by Gasteiger charge is 2.34. The third-order valence-corrected chi connectivity index (χ3v) is 2.47. The van der Waals surface area contributed by atoms with Gasteiger partial charge in [0.2, 0.25) is 0 Å². The van der Waals surface area contributed by atoms with Crippen LogP contribution in [0.2, 0.25) is 0 Å². The summed E-state index contributed by atoms with van der Waals surface area (Å²) < 4.78 is 5.18. The molecule has 0 heterocycles. The second-order valence-corrected chi connectivity index (χ2v) is 5.06. The van der Waals surface area contributed by atoms with Gasteiger partial charge < -0.3 is 10.1 Å². The molecule has 0 aromatic rings. The average molecular weight is 209 g/mol. The first-order chi connectivity index (χ1) is 6.87. The molecule has 1 aliphatic rings. The molecule has 1 rings (SSSR count). The van der Waals surface area contributed by atoms with Gasteiger partial charge >= 0.3 is 6.09 Å². The number of hydrogen-bond donors (Lipinski definition) is 1. The van der Waals surface area contributed by atoms with Crippen molar-refractivity contribution < 1.29 is 9.53 Å². The normalized spacial score (nSPS) is 19.3. The third kappa shape index (κ3) is 3.47. The Hall–Kier alpha value is -1.17. The van der Waals surface area contributed by atoms with Crippen molar-refractivity contribution in [2.24, 2.45) is 0 Å². The van der Waals surface area contributed by atoms with E-state index in [4.69, 9.17) is 11.2 Å². The Morgan fingerprint density at radius 2 is 1.93 bits per heavy atom. The van der Waals surface area contributed by atoms with Crippen LogP contribution in [-0.4, -0.2) is 17.2 Å². The third-order valence-electron chi connectivity index (χ3n) is 2.47. The van der Waals surface area contributed by atoms with E-state index in [2.05, 4.69) is 11.2 Å². The van der Waals surface area contributed by atoms with Gasteiger partial charge in [-0.3, -0.25) is 0 Å². The Bertz CT molecular complexity index is 277. The van der Waals surface area contributed by atoms with Crippen molar-refractivity contribution in [2.75, 3.05) is 0 Å². The van der Waals surface area contributed by atoms with E-state index in [1.54, 1.807) is 0 Å². The zero-order chi connectivity index (χ0) is 11.5. The molecule has 0 saturated heterocycles. The number of ether oxygens (including phenoxy) is 1. The summed E-state index contributed by atoms with van der Waals surface area (Å²) in [6.45, 7) is 5.51. The van der Waals surface area contributed by atoms with Gasteiger partial charge in [0.1, 0.15) is 11.1 Å². The number of carbonyl (C=O) groups is 1. The van der Waals surface area contributed by atoms with Crippen LogP contribution in [0.25, 0.3) is 0 Å². The minimum Gasteiger partial charge on any atom is -0.444 e. The van der Waals surface area contributed by atoms with Gasteiger partial charge in [0.05, 0.1) is 0 Å². The molecule has 84 valence electrons. The SMILES string of the molecule is C#CC1(NC(=O)OC(C)(C)C)CCCC1. The molecule has 0 aliphatic heterocycles. The van der Waals surface area contributed by atoms with E-state index >= 15 is 0 Å². The lowest BCUT2D eigenvalue weighted by Gasteiger charge is -2.27. The van der Waals surface area contributed by atoms with Gasteiger partial charge in [-0.15, -0.1) is 6.42 Å². The number of hydrogen-bond acceptors (Lipinski definition) is 2. The molecule has 0 bridgehead atoms. The Labute approximate surface area is 91.6 Å². The van der Waals surface area contributed by atoms with Gasteiger partial charge in [-0.1, -0.05) is 5.92 Å². The number of rotatable bonds is 1. The maximum atomic E-state index is 11.5. The molecule has 1 amide bonds. The topological polar surface area (TPSA) is 38.3 Å². The van der Waals surface area contributed by atoms with Gasteiger partial charge in [0.15, 0.2) is 0 Å². The Morgan fingerprint density at radius 1 is 1.40 bits per heavy atom. The summed E-state index contributed by atoms with van der Waals surface area (Å²) in [5, 5.41) is 2.80. The minimum atomic E-state index is -0.474. The molecule has 3 heteroatoms. The summed E-state index contributed by atoms with van der Waals surface area (Å²) in [5.74, 6) is 2.68. The van der Waals surface area contributed by atoms with Crippen molar-refractivity contribution in [1.82, 2.24) is 5.32 Å². The number of terminal acetylenes is 1. The second kappa shape index (κ2) is 4.14. The largest absolute Gasteiger partial charge is 0.444 e. The molecule has 1 aliphatic carbocycles. The van der Waals surface area contributed by atoms with Crippen LogP contribution in [0.1, 0.15) is 46.5 Å². The predicted molar refractivity (Wildman–Crippen MR) is 59.4 cm³/mol. The molecule has 0 aromatic heterocycles. The molecule has 1 N–H and O–H groups in total. The Balaban J connectivity index is 2.54. The summed E-state index contributed by atoms with van der Waals surface area (Å²) >= 11 is 0.